The lowest BCUT2D eigenvalue weighted by Gasteiger charge is -2.32. The Kier molecular flexibility index (Phi) is 6.46. The molecule has 18 heavy (non-hydrogen) atoms. The van der Waals surface area contributed by atoms with Crippen LogP contribution in [-0.2, 0) is 4.74 Å². The summed E-state index contributed by atoms with van der Waals surface area (Å²) in [7, 11) is 2.27. The largest absolute Gasteiger partial charge is 0.381 e. The fraction of sp³-hybridized carbons (Fsp3) is 1.00. The summed E-state index contributed by atoms with van der Waals surface area (Å²) in [6.45, 7) is 5.51. The molecule has 1 atom stereocenters. The van der Waals surface area contributed by atoms with E-state index in [1.807, 2.05) is 0 Å². The minimum Gasteiger partial charge on any atom is -0.381 e. The van der Waals surface area contributed by atoms with Crippen molar-refractivity contribution in [3.63, 3.8) is 0 Å². The van der Waals surface area contributed by atoms with Crippen molar-refractivity contribution < 1.29 is 4.74 Å². The maximum absolute atomic E-state index is 5.62. The third-order valence-electron chi connectivity index (χ3n) is 4.27. The van der Waals surface area contributed by atoms with Crippen molar-refractivity contribution in [2.75, 3.05) is 39.9 Å². The minimum absolute atomic E-state index is 0.817. The number of piperidine rings is 1. The predicted octanol–water partition coefficient (Wildman–Crippen LogP) is 2.27. The predicted molar refractivity (Wildman–Crippen MR) is 75.9 cm³/mol. The number of hydrogen-bond acceptors (Lipinski definition) is 3. The van der Waals surface area contributed by atoms with Gasteiger partial charge in [0, 0.05) is 19.3 Å². The van der Waals surface area contributed by atoms with Gasteiger partial charge in [0.25, 0.3) is 0 Å². The summed E-state index contributed by atoms with van der Waals surface area (Å²) in [5, 5.41) is 3.55. The van der Waals surface area contributed by atoms with Crippen LogP contribution in [0.2, 0.25) is 0 Å². The summed E-state index contributed by atoms with van der Waals surface area (Å²) in [6, 6.07) is 0.817. The first kappa shape index (κ1) is 14.3. The van der Waals surface area contributed by atoms with E-state index in [4.69, 9.17) is 4.74 Å². The van der Waals surface area contributed by atoms with E-state index in [0.29, 0.717) is 0 Å². The number of rotatable bonds is 9. The summed E-state index contributed by atoms with van der Waals surface area (Å²) < 4.78 is 5.62. The van der Waals surface area contributed by atoms with Crippen molar-refractivity contribution in [2.24, 2.45) is 5.92 Å². The second-order valence-electron chi connectivity index (χ2n) is 6.04. The molecule has 1 unspecified atom stereocenters. The summed E-state index contributed by atoms with van der Waals surface area (Å²) >= 11 is 0. The molecule has 2 aliphatic rings. The van der Waals surface area contributed by atoms with Gasteiger partial charge in [-0.3, -0.25) is 0 Å². The van der Waals surface area contributed by atoms with E-state index < -0.39 is 0 Å². The highest BCUT2D eigenvalue weighted by molar-refractivity contribution is 4.74. The molecule has 0 spiro atoms. The van der Waals surface area contributed by atoms with Crippen LogP contribution in [-0.4, -0.2) is 50.8 Å². The quantitative estimate of drug-likeness (QED) is 0.639. The monoisotopic (exact) mass is 254 g/mol. The van der Waals surface area contributed by atoms with E-state index in [0.717, 1.165) is 44.7 Å². The second kappa shape index (κ2) is 8.13. The lowest BCUT2D eigenvalue weighted by atomic mass is 10.0. The molecular weight excluding hydrogens is 224 g/mol. The average molecular weight is 254 g/mol. The van der Waals surface area contributed by atoms with Crippen LogP contribution in [0, 0.1) is 5.92 Å². The van der Waals surface area contributed by atoms with Gasteiger partial charge in [-0.05, 0) is 71.1 Å². The maximum Gasteiger partial charge on any atom is 0.0494 e. The van der Waals surface area contributed by atoms with Gasteiger partial charge in [-0.25, -0.2) is 0 Å². The van der Waals surface area contributed by atoms with Crippen molar-refractivity contribution in [1.29, 1.82) is 0 Å². The van der Waals surface area contributed by atoms with Crippen LogP contribution in [0.5, 0.6) is 0 Å². The molecule has 1 saturated heterocycles. The Hall–Kier alpha value is -0.120. The third-order valence-corrected chi connectivity index (χ3v) is 4.27. The fourth-order valence-electron chi connectivity index (χ4n) is 2.74. The van der Waals surface area contributed by atoms with E-state index in [2.05, 4.69) is 17.3 Å². The Morgan fingerprint density at radius 2 is 2.06 bits per heavy atom. The molecule has 0 aromatic carbocycles. The molecular formula is C15H30N2O. The molecule has 3 heteroatoms. The molecule has 1 N–H and O–H groups in total. The van der Waals surface area contributed by atoms with E-state index in [1.165, 1.54) is 45.1 Å². The van der Waals surface area contributed by atoms with Crippen LogP contribution >= 0.6 is 0 Å². The van der Waals surface area contributed by atoms with Gasteiger partial charge in [0.1, 0.15) is 0 Å². The van der Waals surface area contributed by atoms with E-state index in [9.17, 15) is 0 Å². The molecule has 1 heterocycles. The Morgan fingerprint density at radius 3 is 2.83 bits per heavy atom. The van der Waals surface area contributed by atoms with Crippen LogP contribution in [0.15, 0.2) is 0 Å². The highest BCUT2D eigenvalue weighted by Crippen LogP contribution is 2.28. The third kappa shape index (κ3) is 5.68. The van der Waals surface area contributed by atoms with Gasteiger partial charge in [-0.1, -0.05) is 6.42 Å². The molecule has 0 aromatic heterocycles. The Morgan fingerprint density at radius 1 is 1.17 bits per heavy atom. The van der Waals surface area contributed by atoms with E-state index in [-0.39, 0.29) is 0 Å². The summed E-state index contributed by atoms with van der Waals surface area (Å²) in [5.74, 6) is 0.903. The first-order valence-electron chi connectivity index (χ1n) is 7.85. The highest BCUT2D eigenvalue weighted by atomic mass is 16.5. The molecule has 0 bridgehead atoms. The molecule has 0 aromatic rings. The van der Waals surface area contributed by atoms with Crippen molar-refractivity contribution in [1.82, 2.24) is 10.2 Å². The zero-order valence-electron chi connectivity index (χ0n) is 12.0. The zero-order chi connectivity index (χ0) is 12.6. The molecule has 3 nitrogen and oxygen atoms in total. The first-order valence-corrected chi connectivity index (χ1v) is 7.85. The number of nitrogens with zero attached hydrogens (tertiary/aromatic N) is 1. The van der Waals surface area contributed by atoms with Gasteiger partial charge in [-0.15, -0.1) is 0 Å². The van der Waals surface area contributed by atoms with Gasteiger partial charge in [0.2, 0.25) is 0 Å². The molecule has 0 radical (unpaired) electrons. The molecule has 1 aliphatic carbocycles. The summed E-state index contributed by atoms with van der Waals surface area (Å²) in [4.78, 5) is 2.53. The Labute approximate surface area is 112 Å². The summed E-state index contributed by atoms with van der Waals surface area (Å²) in [6.07, 6.45) is 9.46. The van der Waals surface area contributed by atoms with Crippen molar-refractivity contribution >= 4 is 0 Å². The van der Waals surface area contributed by atoms with Gasteiger partial charge in [0.05, 0.1) is 0 Å². The van der Waals surface area contributed by atoms with Crippen LogP contribution < -0.4 is 5.32 Å². The lowest BCUT2D eigenvalue weighted by Crippen LogP contribution is -2.38. The SMILES string of the molecule is CN1CCCCC1CCNCCCOCC1CC1. The molecule has 0 amide bonds. The maximum atomic E-state index is 5.62. The van der Waals surface area contributed by atoms with Gasteiger partial charge < -0.3 is 15.0 Å². The number of nitrogens with one attached hydrogen (secondary N) is 1. The Balaban J connectivity index is 1.36. The van der Waals surface area contributed by atoms with Gasteiger partial charge in [-0.2, -0.15) is 0 Å². The molecule has 2 rings (SSSR count). The van der Waals surface area contributed by atoms with Crippen LogP contribution in [0.3, 0.4) is 0 Å². The van der Waals surface area contributed by atoms with Crippen molar-refractivity contribution in [3.05, 3.63) is 0 Å². The van der Waals surface area contributed by atoms with E-state index in [1.54, 1.807) is 0 Å². The van der Waals surface area contributed by atoms with Gasteiger partial charge in [0.15, 0.2) is 0 Å². The minimum atomic E-state index is 0.817. The van der Waals surface area contributed by atoms with Gasteiger partial charge >= 0.3 is 0 Å². The summed E-state index contributed by atoms with van der Waals surface area (Å²) in [5.41, 5.74) is 0. The topological polar surface area (TPSA) is 24.5 Å². The van der Waals surface area contributed by atoms with Crippen molar-refractivity contribution in [3.8, 4) is 0 Å². The first-order chi connectivity index (χ1) is 8.86. The average Bonchev–Trinajstić information content (AvgIpc) is 3.19. The lowest BCUT2D eigenvalue weighted by molar-refractivity contribution is 0.121. The molecule has 1 saturated carbocycles. The number of hydrogen-bond donors (Lipinski definition) is 1. The Bertz CT molecular complexity index is 219. The van der Waals surface area contributed by atoms with Crippen LogP contribution in [0.25, 0.3) is 0 Å². The van der Waals surface area contributed by atoms with Crippen LogP contribution in [0.1, 0.15) is 44.9 Å². The number of ether oxygens (including phenoxy) is 1. The molecule has 106 valence electrons. The standard InChI is InChI=1S/C15H30N2O/c1-17-11-3-2-5-15(17)8-10-16-9-4-12-18-13-14-6-7-14/h14-16H,2-13H2,1H3. The van der Waals surface area contributed by atoms with Crippen LogP contribution in [0.4, 0.5) is 0 Å². The molecule has 2 fully saturated rings. The molecule has 1 aliphatic heterocycles. The smallest absolute Gasteiger partial charge is 0.0494 e. The highest BCUT2D eigenvalue weighted by Gasteiger charge is 2.20. The second-order valence-corrected chi connectivity index (χ2v) is 6.04. The van der Waals surface area contributed by atoms with E-state index >= 15 is 0 Å². The zero-order valence-corrected chi connectivity index (χ0v) is 12.0. The number of likely N-dealkylation sites (tertiary alicyclic amines) is 1. The van der Waals surface area contributed by atoms with Crippen molar-refractivity contribution in [2.45, 2.75) is 51.0 Å². The fourth-order valence-corrected chi connectivity index (χ4v) is 2.74. The normalized spacial score (nSPS) is 25.5.